The number of fused-ring (bicyclic) bond motifs is 1. The maximum atomic E-state index is 12.6. The van der Waals surface area contributed by atoms with Gasteiger partial charge in [0.2, 0.25) is 5.17 Å². The first kappa shape index (κ1) is 24.7. The Morgan fingerprint density at radius 2 is 1.77 bits per heavy atom. The number of carbonyl (C=O) groups excluding carboxylic acids is 1. The number of amidine groups is 2. The van der Waals surface area contributed by atoms with Crippen LogP contribution in [0.1, 0.15) is 30.9 Å². The van der Waals surface area contributed by atoms with E-state index in [1.54, 1.807) is 6.08 Å². The molecule has 0 saturated heterocycles. The number of amides is 1. The first-order chi connectivity index (χ1) is 17.0. The second kappa shape index (κ2) is 11.8. The van der Waals surface area contributed by atoms with Crippen molar-refractivity contribution in [1.82, 2.24) is 5.01 Å². The fourth-order valence-corrected chi connectivity index (χ4v) is 4.37. The topological polar surface area (TPSA) is 96.6 Å². The first-order valence-corrected chi connectivity index (χ1v) is 12.3. The molecule has 2 heterocycles. The van der Waals surface area contributed by atoms with Gasteiger partial charge in [0.05, 0.1) is 18.8 Å². The van der Waals surface area contributed by atoms with Crippen LogP contribution in [-0.2, 0) is 9.53 Å². The van der Waals surface area contributed by atoms with Gasteiger partial charge in [-0.1, -0.05) is 36.8 Å². The number of nitrogens with zero attached hydrogens (tertiary/aromatic N) is 3. The van der Waals surface area contributed by atoms with Crippen LogP contribution in [0.2, 0.25) is 0 Å². The van der Waals surface area contributed by atoms with Gasteiger partial charge in [-0.3, -0.25) is 10.2 Å². The Kier molecular flexibility index (Phi) is 8.33. The van der Waals surface area contributed by atoms with Crippen LogP contribution in [0.3, 0.4) is 0 Å². The van der Waals surface area contributed by atoms with Gasteiger partial charge in [0.25, 0.3) is 5.91 Å². The Morgan fingerprint density at radius 1 is 1.03 bits per heavy atom. The Bertz CT molecular complexity index is 1170. The Labute approximate surface area is 209 Å². The van der Waals surface area contributed by atoms with Crippen molar-refractivity contribution in [1.29, 1.82) is 5.41 Å². The summed E-state index contributed by atoms with van der Waals surface area (Å²) in [6.45, 7) is 5.84. The van der Waals surface area contributed by atoms with E-state index in [0.717, 1.165) is 29.2 Å². The van der Waals surface area contributed by atoms with E-state index in [1.807, 2.05) is 55.5 Å². The lowest BCUT2D eigenvalue weighted by atomic mass is 10.1. The molecule has 9 heteroatoms. The molecule has 8 nitrogen and oxygen atoms in total. The summed E-state index contributed by atoms with van der Waals surface area (Å²) in [6, 6.07) is 15.2. The summed E-state index contributed by atoms with van der Waals surface area (Å²) in [7, 11) is 0. The molecule has 2 aromatic carbocycles. The van der Waals surface area contributed by atoms with Crippen LogP contribution < -0.4 is 9.47 Å². The summed E-state index contributed by atoms with van der Waals surface area (Å²) in [5.74, 6) is 1.07. The van der Waals surface area contributed by atoms with Crippen LogP contribution in [0.15, 0.2) is 64.2 Å². The maximum absolute atomic E-state index is 12.6. The smallest absolute Gasteiger partial charge is 0.283 e. The molecule has 0 spiro atoms. The van der Waals surface area contributed by atoms with E-state index in [0.29, 0.717) is 37.3 Å². The van der Waals surface area contributed by atoms with Crippen molar-refractivity contribution in [2.24, 2.45) is 10.1 Å². The lowest BCUT2D eigenvalue weighted by molar-refractivity contribution is -0.114. The normalized spacial score (nSPS) is 16.3. The lowest BCUT2D eigenvalue weighted by Gasteiger charge is -2.20. The molecule has 4 rings (SSSR count). The van der Waals surface area contributed by atoms with Crippen molar-refractivity contribution >= 4 is 39.8 Å². The number of aliphatic imine (C=N–C) groups is 1. The minimum Gasteiger partial charge on any atom is -0.491 e. The maximum Gasteiger partial charge on any atom is 0.283 e. The highest BCUT2D eigenvalue weighted by Crippen LogP contribution is 2.30. The monoisotopic (exact) mass is 492 g/mol. The van der Waals surface area contributed by atoms with E-state index in [4.69, 9.17) is 19.6 Å². The molecule has 2 aromatic rings. The minimum absolute atomic E-state index is 0.0335. The number of hydrazone groups is 1. The molecule has 0 unspecified atom stereocenters. The van der Waals surface area contributed by atoms with E-state index in [1.165, 1.54) is 22.3 Å². The number of hydrogen-bond donors (Lipinski definition) is 1. The summed E-state index contributed by atoms with van der Waals surface area (Å²) in [6.07, 6.45) is 3.38. The van der Waals surface area contributed by atoms with E-state index >= 15 is 0 Å². The summed E-state index contributed by atoms with van der Waals surface area (Å²) in [5, 5.41) is 15.6. The molecule has 0 fully saturated rings. The highest BCUT2D eigenvalue weighted by atomic mass is 32.2. The first-order valence-electron chi connectivity index (χ1n) is 11.5. The molecule has 1 N–H and O–H groups in total. The predicted molar refractivity (Wildman–Crippen MR) is 139 cm³/mol. The summed E-state index contributed by atoms with van der Waals surface area (Å²) >= 11 is 1.35. The average molecular weight is 493 g/mol. The molecule has 1 amide bonds. The zero-order valence-corrected chi connectivity index (χ0v) is 20.6. The second-order valence-corrected chi connectivity index (χ2v) is 9.00. The van der Waals surface area contributed by atoms with Crippen LogP contribution in [-0.4, -0.2) is 53.4 Å². The Hall–Kier alpha value is -3.43. The van der Waals surface area contributed by atoms with Gasteiger partial charge < -0.3 is 14.2 Å². The number of hydrogen-bond acceptors (Lipinski definition) is 7. The number of aryl methyl sites for hydroxylation is 1. The predicted octanol–water partition coefficient (Wildman–Crippen LogP) is 4.89. The van der Waals surface area contributed by atoms with E-state index in [9.17, 15) is 4.79 Å². The van der Waals surface area contributed by atoms with E-state index < -0.39 is 5.91 Å². The second-order valence-electron chi connectivity index (χ2n) is 7.96. The highest BCUT2D eigenvalue weighted by molar-refractivity contribution is 8.26. The molecule has 0 radical (unpaired) electrons. The molecule has 0 saturated carbocycles. The number of benzene rings is 2. The molecule has 2 aliphatic heterocycles. The Morgan fingerprint density at radius 3 is 2.51 bits per heavy atom. The summed E-state index contributed by atoms with van der Waals surface area (Å²) in [4.78, 5) is 16.7. The number of carbonyl (C=O) groups is 1. The van der Waals surface area contributed by atoms with Crippen molar-refractivity contribution in [2.45, 2.75) is 26.7 Å². The van der Waals surface area contributed by atoms with Crippen molar-refractivity contribution < 1.29 is 19.0 Å². The van der Waals surface area contributed by atoms with Gasteiger partial charge in [-0.2, -0.15) is 15.1 Å². The molecule has 0 aromatic heterocycles. The van der Waals surface area contributed by atoms with Crippen LogP contribution in [0.4, 0.5) is 0 Å². The average Bonchev–Trinajstić information content (AvgIpc) is 3.25. The molecular formula is C26H28N4O4S. The van der Waals surface area contributed by atoms with Crippen LogP contribution in [0.25, 0.3) is 6.08 Å². The number of nitrogens with one attached hydrogen (secondary N) is 1. The molecule has 0 bridgehead atoms. The SMILES string of the molecule is CCCC1=NN2C(=N)/C(=C/c3cccc(OCCOCCOc4ccc(C)cc4)c3)C(=O)N=C2S1. The molecule has 182 valence electrons. The highest BCUT2D eigenvalue weighted by Gasteiger charge is 2.35. The van der Waals surface area contributed by atoms with Crippen molar-refractivity contribution in [2.75, 3.05) is 26.4 Å². The van der Waals surface area contributed by atoms with Crippen LogP contribution >= 0.6 is 11.8 Å². The van der Waals surface area contributed by atoms with Gasteiger partial charge in [-0.05, 0) is 67.4 Å². The third kappa shape index (κ3) is 6.58. The van der Waals surface area contributed by atoms with Gasteiger partial charge in [0.15, 0.2) is 5.84 Å². The lowest BCUT2D eigenvalue weighted by Crippen LogP contribution is -2.35. The van der Waals surface area contributed by atoms with Crippen molar-refractivity contribution in [3.63, 3.8) is 0 Å². The standard InChI is InChI=1S/C26H28N4O4S/c1-3-5-23-29-30-24(27)22(25(31)28-26(30)35-23)17-19-6-4-7-21(16-19)34-15-13-32-12-14-33-20-10-8-18(2)9-11-20/h4,6-11,16-17,27H,3,5,12-15H2,1-2H3/b22-17-,27-24?. The van der Waals surface area contributed by atoms with Gasteiger partial charge in [-0.15, -0.1) is 0 Å². The van der Waals surface area contributed by atoms with E-state index in [2.05, 4.69) is 17.0 Å². The Balaban J connectivity index is 1.26. The number of rotatable bonds is 11. The van der Waals surface area contributed by atoms with Crippen molar-refractivity contribution in [3.8, 4) is 11.5 Å². The third-order valence-corrected chi connectivity index (χ3v) is 6.11. The summed E-state index contributed by atoms with van der Waals surface area (Å²) in [5.41, 5.74) is 2.13. The minimum atomic E-state index is -0.436. The zero-order valence-electron chi connectivity index (χ0n) is 19.8. The largest absolute Gasteiger partial charge is 0.491 e. The van der Waals surface area contributed by atoms with Crippen LogP contribution in [0.5, 0.6) is 11.5 Å². The van der Waals surface area contributed by atoms with Crippen molar-refractivity contribution in [3.05, 3.63) is 65.2 Å². The van der Waals surface area contributed by atoms with Gasteiger partial charge in [0.1, 0.15) is 29.8 Å². The summed E-state index contributed by atoms with van der Waals surface area (Å²) < 4.78 is 17.0. The fourth-order valence-electron chi connectivity index (χ4n) is 3.38. The molecule has 2 aliphatic rings. The van der Waals surface area contributed by atoms with Gasteiger partial charge in [0, 0.05) is 0 Å². The zero-order chi connectivity index (χ0) is 24.6. The molecule has 0 aliphatic carbocycles. The number of thioether (sulfide) groups is 1. The molecule has 35 heavy (non-hydrogen) atoms. The number of ether oxygens (including phenoxy) is 3. The quantitative estimate of drug-likeness (QED) is 0.354. The fraction of sp³-hybridized carbons (Fsp3) is 0.308. The van der Waals surface area contributed by atoms with Crippen LogP contribution in [0, 0.1) is 12.3 Å². The third-order valence-electron chi connectivity index (χ3n) is 5.14. The molecular weight excluding hydrogens is 464 g/mol. The van der Waals surface area contributed by atoms with Gasteiger partial charge in [-0.25, -0.2) is 0 Å². The van der Waals surface area contributed by atoms with E-state index in [-0.39, 0.29) is 11.4 Å². The molecule has 0 atom stereocenters. The van der Waals surface area contributed by atoms with Gasteiger partial charge >= 0.3 is 0 Å².